The summed E-state index contributed by atoms with van der Waals surface area (Å²) in [6.45, 7) is 8.01. The predicted molar refractivity (Wildman–Crippen MR) is 122 cm³/mol. The first-order valence-corrected chi connectivity index (χ1v) is 10.2. The summed E-state index contributed by atoms with van der Waals surface area (Å²) in [6, 6.07) is 12.4. The van der Waals surface area contributed by atoms with Crippen molar-refractivity contribution in [2.24, 2.45) is 0 Å². The number of likely N-dealkylation sites (N-methyl/N-ethyl adjacent to an activating group) is 1. The van der Waals surface area contributed by atoms with Crippen molar-refractivity contribution in [2.45, 2.75) is 27.2 Å². The van der Waals surface area contributed by atoms with Gasteiger partial charge in [0.1, 0.15) is 5.75 Å². The van der Waals surface area contributed by atoms with Gasteiger partial charge in [-0.15, -0.1) is 12.4 Å². The topological polar surface area (TPSA) is 58.5 Å². The molecule has 3 aromatic rings. The number of benzene rings is 2. The first-order valence-electron chi connectivity index (χ1n) is 9.44. The first-order chi connectivity index (χ1) is 13.5. The van der Waals surface area contributed by atoms with E-state index in [1.54, 1.807) is 0 Å². The summed E-state index contributed by atoms with van der Waals surface area (Å²) in [6.07, 6.45) is 0.944. The van der Waals surface area contributed by atoms with Crippen LogP contribution in [0.3, 0.4) is 0 Å². The summed E-state index contributed by atoms with van der Waals surface area (Å²) in [5.41, 5.74) is 5.78. The van der Waals surface area contributed by atoms with Crippen LogP contribution in [0.1, 0.15) is 22.3 Å². The molecule has 7 heteroatoms. The standard InChI is InChI=1S/C22H27N3O2S.ClH/c1-15-5-7-18(8-6-15)21-23-22(28-24-21)27-20-14-16(2)19(13-17(20)3)9-10-25(4)11-12-26;/h5-8,13-14,26H,9-12H2,1-4H3;1H. The fourth-order valence-electron chi connectivity index (χ4n) is 2.99. The molecule has 3 rings (SSSR count). The van der Waals surface area contributed by atoms with Gasteiger partial charge in [0.05, 0.1) is 6.61 Å². The van der Waals surface area contributed by atoms with Crippen molar-refractivity contribution < 1.29 is 9.84 Å². The van der Waals surface area contributed by atoms with E-state index in [1.165, 1.54) is 28.2 Å². The highest BCUT2D eigenvalue weighted by Gasteiger charge is 2.12. The number of halogens is 1. The number of aryl methyl sites for hydroxylation is 3. The van der Waals surface area contributed by atoms with Gasteiger partial charge in [0.15, 0.2) is 5.82 Å². The lowest BCUT2D eigenvalue weighted by Gasteiger charge is -2.17. The Morgan fingerprint density at radius 2 is 1.76 bits per heavy atom. The molecule has 0 fully saturated rings. The number of nitrogens with zero attached hydrogens (tertiary/aromatic N) is 3. The van der Waals surface area contributed by atoms with Crippen molar-refractivity contribution in [1.82, 2.24) is 14.3 Å². The van der Waals surface area contributed by atoms with Crippen molar-refractivity contribution in [3.63, 3.8) is 0 Å². The molecule has 0 amide bonds. The largest absolute Gasteiger partial charge is 0.430 e. The van der Waals surface area contributed by atoms with Crippen LogP contribution in [0.5, 0.6) is 10.9 Å². The van der Waals surface area contributed by atoms with Gasteiger partial charge in [0.2, 0.25) is 0 Å². The van der Waals surface area contributed by atoms with Crippen molar-refractivity contribution >= 4 is 23.9 Å². The summed E-state index contributed by atoms with van der Waals surface area (Å²) in [5.74, 6) is 1.51. The molecule has 0 atom stereocenters. The van der Waals surface area contributed by atoms with Crippen LogP contribution < -0.4 is 4.74 Å². The maximum atomic E-state index is 9.03. The monoisotopic (exact) mass is 433 g/mol. The lowest BCUT2D eigenvalue weighted by Crippen LogP contribution is -2.24. The van der Waals surface area contributed by atoms with Crippen molar-refractivity contribution in [3.05, 3.63) is 58.7 Å². The average molecular weight is 434 g/mol. The van der Waals surface area contributed by atoms with E-state index in [1.807, 2.05) is 19.2 Å². The summed E-state index contributed by atoms with van der Waals surface area (Å²) < 4.78 is 10.5. The van der Waals surface area contributed by atoms with Gasteiger partial charge in [-0.1, -0.05) is 35.9 Å². The van der Waals surface area contributed by atoms with Crippen LogP contribution in [0.4, 0.5) is 0 Å². The van der Waals surface area contributed by atoms with E-state index in [0.29, 0.717) is 17.6 Å². The lowest BCUT2D eigenvalue weighted by atomic mass is 10.0. The molecule has 1 N–H and O–H groups in total. The molecule has 0 saturated carbocycles. The van der Waals surface area contributed by atoms with Gasteiger partial charge < -0.3 is 14.7 Å². The highest BCUT2D eigenvalue weighted by Crippen LogP contribution is 2.31. The van der Waals surface area contributed by atoms with Gasteiger partial charge >= 0.3 is 0 Å². The summed E-state index contributed by atoms with van der Waals surface area (Å²) >= 11 is 1.27. The molecule has 0 unspecified atom stereocenters. The molecule has 1 aromatic heterocycles. The Morgan fingerprint density at radius 1 is 1.03 bits per heavy atom. The molecule has 29 heavy (non-hydrogen) atoms. The SMILES string of the molecule is Cc1ccc(-c2nsc(Oc3cc(C)c(CCN(C)CCO)cc3C)n2)cc1.Cl. The molecule has 2 aromatic carbocycles. The molecule has 0 spiro atoms. The van der Waals surface area contributed by atoms with Crippen LogP contribution in [-0.2, 0) is 6.42 Å². The molecule has 0 bridgehead atoms. The Kier molecular flexibility index (Phi) is 8.59. The van der Waals surface area contributed by atoms with Crippen LogP contribution in [0.2, 0.25) is 0 Å². The van der Waals surface area contributed by atoms with Gasteiger partial charge in [0.25, 0.3) is 5.19 Å². The fraction of sp³-hybridized carbons (Fsp3) is 0.364. The Labute approximate surface area is 183 Å². The lowest BCUT2D eigenvalue weighted by molar-refractivity contribution is 0.223. The van der Waals surface area contributed by atoms with Crippen LogP contribution in [-0.4, -0.2) is 46.1 Å². The molecular weight excluding hydrogens is 406 g/mol. The Morgan fingerprint density at radius 3 is 2.45 bits per heavy atom. The normalized spacial score (nSPS) is 10.8. The molecule has 5 nitrogen and oxygen atoms in total. The molecule has 0 radical (unpaired) electrons. The third kappa shape index (κ3) is 6.24. The van der Waals surface area contributed by atoms with Gasteiger partial charge in [-0.05, 0) is 57.0 Å². The van der Waals surface area contributed by atoms with Crippen LogP contribution >= 0.6 is 23.9 Å². The molecular formula is C22H28ClN3O2S. The molecule has 1 heterocycles. The van der Waals surface area contributed by atoms with E-state index in [0.717, 1.165) is 29.8 Å². The average Bonchev–Trinajstić information content (AvgIpc) is 3.12. The number of ether oxygens (including phenoxy) is 1. The smallest absolute Gasteiger partial charge is 0.299 e. The van der Waals surface area contributed by atoms with Gasteiger partial charge in [-0.3, -0.25) is 0 Å². The zero-order chi connectivity index (χ0) is 20.1. The highest BCUT2D eigenvalue weighted by atomic mass is 35.5. The second kappa shape index (κ2) is 10.7. The minimum absolute atomic E-state index is 0. The molecule has 0 aliphatic rings. The van der Waals surface area contributed by atoms with Gasteiger partial charge in [-0.25, -0.2) is 0 Å². The third-order valence-corrected chi connectivity index (χ3v) is 5.39. The fourth-order valence-corrected chi connectivity index (χ4v) is 3.55. The highest BCUT2D eigenvalue weighted by molar-refractivity contribution is 7.07. The number of hydrogen-bond acceptors (Lipinski definition) is 6. The molecule has 156 valence electrons. The van der Waals surface area contributed by atoms with Crippen molar-refractivity contribution in [3.8, 4) is 22.3 Å². The predicted octanol–water partition coefficient (Wildman–Crippen LogP) is 4.81. The summed E-state index contributed by atoms with van der Waals surface area (Å²) in [7, 11) is 2.02. The van der Waals surface area contributed by atoms with E-state index >= 15 is 0 Å². The van der Waals surface area contributed by atoms with Crippen LogP contribution in [0.15, 0.2) is 36.4 Å². The Balaban J connectivity index is 0.00000300. The second-order valence-electron chi connectivity index (χ2n) is 7.17. The molecule has 0 aliphatic carbocycles. The number of aliphatic hydroxyl groups excluding tert-OH is 1. The van der Waals surface area contributed by atoms with E-state index in [9.17, 15) is 0 Å². The van der Waals surface area contributed by atoms with Crippen molar-refractivity contribution in [2.75, 3.05) is 26.7 Å². The third-order valence-electron chi connectivity index (χ3n) is 4.79. The summed E-state index contributed by atoms with van der Waals surface area (Å²) in [4.78, 5) is 6.67. The molecule has 0 saturated heterocycles. The Hall–Kier alpha value is -1.99. The number of hydrogen-bond donors (Lipinski definition) is 1. The van der Waals surface area contributed by atoms with E-state index < -0.39 is 0 Å². The van der Waals surface area contributed by atoms with Gasteiger partial charge in [-0.2, -0.15) is 9.36 Å². The quantitative estimate of drug-likeness (QED) is 0.552. The number of rotatable bonds is 8. The minimum atomic E-state index is 0. The van der Waals surface area contributed by atoms with E-state index in [4.69, 9.17) is 9.84 Å². The van der Waals surface area contributed by atoms with E-state index in [-0.39, 0.29) is 19.0 Å². The zero-order valence-electron chi connectivity index (χ0n) is 17.3. The minimum Gasteiger partial charge on any atom is -0.430 e. The number of aromatic nitrogens is 2. The van der Waals surface area contributed by atoms with Gasteiger partial charge in [0, 0.05) is 30.2 Å². The Bertz CT molecular complexity index is 928. The van der Waals surface area contributed by atoms with Crippen LogP contribution in [0, 0.1) is 20.8 Å². The zero-order valence-corrected chi connectivity index (χ0v) is 18.9. The van der Waals surface area contributed by atoms with Crippen LogP contribution in [0.25, 0.3) is 11.4 Å². The maximum absolute atomic E-state index is 9.03. The number of aliphatic hydroxyl groups is 1. The second-order valence-corrected chi connectivity index (χ2v) is 7.89. The maximum Gasteiger partial charge on any atom is 0.299 e. The molecule has 0 aliphatic heterocycles. The van der Waals surface area contributed by atoms with Crippen molar-refractivity contribution in [1.29, 1.82) is 0 Å². The van der Waals surface area contributed by atoms with E-state index in [2.05, 4.69) is 59.3 Å². The summed E-state index contributed by atoms with van der Waals surface area (Å²) in [5, 5.41) is 9.58. The first kappa shape index (κ1) is 23.3.